The molecule has 36 heavy (non-hydrogen) atoms. The number of aromatic nitrogens is 3. The number of pyridine rings is 1. The molecule has 5 rings (SSSR count). The zero-order valence-electron chi connectivity index (χ0n) is 20.5. The minimum Gasteiger partial charge on any atom is -0.493 e. The van der Waals surface area contributed by atoms with Crippen LogP contribution in [0.25, 0.3) is 16.9 Å². The Morgan fingerprint density at radius 1 is 1.03 bits per heavy atom. The van der Waals surface area contributed by atoms with Gasteiger partial charge in [0.1, 0.15) is 29.5 Å². The lowest BCUT2D eigenvalue weighted by atomic mass is 10.1. The number of methoxy groups -OCH3 is 1. The van der Waals surface area contributed by atoms with Gasteiger partial charge in [0.15, 0.2) is 11.5 Å². The monoisotopic (exact) mass is 482 g/mol. The first kappa shape index (κ1) is 23.2. The minimum atomic E-state index is -0.286. The van der Waals surface area contributed by atoms with Gasteiger partial charge in [0, 0.05) is 17.3 Å². The average molecular weight is 483 g/mol. The third-order valence-corrected chi connectivity index (χ3v) is 6.10. The number of nitrogens with zero attached hydrogens (tertiary/aromatic N) is 3. The lowest BCUT2D eigenvalue weighted by molar-refractivity contribution is 0.102. The Balaban J connectivity index is 1.45. The molecule has 3 aromatic heterocycles. The number of benzene rings is 2. The quantitative estimate of drug-likeness (QED) is 0.317. The minimum absolute atomic E-state index is 0.282. The molecular weight excluding hydrogens is 456 g/mol. The standard InChI is InChI=1S/C28H26N4O4/c1-17-9-8-14-32-26(17)29-25(20-10-6-5-7-11-20)27(32)30-28(33)21-12-13-23(24(15-21)34-4)35-16-22-18(2)31-36-19(22)3/h5-15H,16H2,1-4H3,(H,30,33). The second-order valence-corrected chi connectivity index (χ2v) is 8.47. The summed E-state index contributed by atoms with van der Waals surface area (Å²) >= 11 is 0. The number of fused-ring (bicyclic) bond motifs is 1. The summed E-state index contributed by atoms with van der Waals surface area (Å²) in [6.07, 6.45) is 1.89. The largest absolute Gasteiger partial charge is 0.493 e. The van der Waals surface area contributed by atoms with Crippen LogP contribution < -0.4 is 14.8 Å². The van der Waals surface area contributed by atoms with Crippen molar-refractivity contribution in [1.29, 1.82) is 0 Å². The Bertz CT molecular complexity index is 1530. The van der Waals surface area contributed by atoms with Gasteiger partial charge in [0.05, 0.1) is 18.4 Å². The van der Waals surface area contributed by atoms with E-state index in [1.165, 1.54) is 0 Å². The van der Waals surface area contributed by atoms with Crippen molar-refractivity contribution in [2.45, 2.75) is 27.4 Å². The number of nitrogens with one attached hydrogen (secondary N) is 1. The smallest absolute Gasteiger partial charge is 0.256 e. The van der Waals surface area contributed by atoms with Gasteiger partial charge in [-0.3, -0.25) is 9.20 Å². The maximum Gasteiger partial charge on any atom is 0.256 e. The van der Waals surface area contributed by atoms with Crippen LogP contribution in [0.4, 0.5) is 5.82 Å². The first-order valence-electron chi connectivity index (χ1n) is 11.5. The van der Waals surface area contributed by atoms with E-state index in [9.17, 15) is 4.79 Å². The number of ether oxygens (including phenoxy) is 2. The van der Waals surface area contributed by atoms with Gasteiger partial charge in [-0.25, -0.2) is 4.98 Å². The second-order valence-electron chi connectivity index (χ2n) is 8.47. The molecule has 0 saturated carbocycles. The van der Waals surface area contributed by atoms with E-state index in [0.717, 1.165) is 28.0 Å². The van der Waals surface area contributed by atoms with E-state index in [4.69, 9.17) is 19.0 Å². The lowest BCUT2D eigenvalue weighted by Gasteiger charge is -2.13. The van der Waals surface area contributed by atoms with Gasteiger partial charge in [-0.1, -0.05) is 41.6 Å². The molecule has 8 nitrogen and oxygen atoms in total. The van der Waals surface area contributed by atoms with Crippen LogP contribution in [-0.2, 0) is 6.61 Å². The van der Waals surface area contributed by atoms with Crippen molar-refractivity contribution < 1.29 is 18.8 Å². The number of amides is 1. The predicted molar refractivity (Wildman–Crippen MR) is 137 cm³/mol. The molecule has 0 atom stereocenters. The van der Waals surface area contributed by atoms with Gasteiger partial charge in [0.2, 0.25) is 0 Å². The molecule has 0 saturated heterocycles. The molecule has 0 radical (unpaired) electrons. The molecule has 0 spiro atoms. The highest BCUT2D eigenvalue weighted by molar-refractivity contribution is 6.06. The summed E-state index contributed by atoms with van der Waals surface area (Å²) in [6, 6.07) is 18.8. The summed E-state index contributed by atoms with van der Waals surface area (Å²) in [4.78, 5) is 18.2. The topological polar surface area (TPSA) is 90.9 Å². The third-order valence-electron chi connectivity index (χ3n) is 6.10. The van der Waals surface area contributed by atoms with Crippen LogP contribution in [0.1, 0.15) is 32.9 Å². The molecule has 0 unspecified atom stereocenters. The molecule has 182 valence electrons. The van der Waals surface area contributed by atoms with Crippen LogP contribution in [0, 0.1) is 20.8 Å². The number of carbonyl (C=O) groups excluding carboxylic acids is 1. The van der Waals surface area contributed by atoms with Crippen LogP contribution in [0.2, 0.25) is 0 Å². The third kappa shape index (κ3) is 4.29. The normalized spacial score (nSPS) is 11.0. The van der Waals surface area contributed by atoms with E-state index < -0.39 is 0 Å². The van der Waals surface area contributed by atoms with Crippen molar-refractivity contribution in [3.63, 3.8) is 0 Å². The van der Waals surface area contributed by atoms with Crippen LogP contribution >= 0.6 is 0 Å². The number of imidazole rings is 1. The summed E-state index contributed by atoms with van der Waals surface area (Å²) in [7, 11) is 1.54. The average Bonchev–Trinajstić information content (AvgIpc) is 3.43. The molecule has 8 heteroatoms. The van der Waals surface area contributed by atoms with Gasteiger partial charge in [-0.2, -0.15) is 0 Å². The number of rotatable bonds is 7. The summed E-state index contributed by atoms with van der Waals surface area (Å²) in [5, 5.41) is 7.01. The van der Waals surface area contributed by atoms with E-state index in [-0.39, 0.29) is 12.5 Å². The first-order valence-corrected chi connectivity index (χ1v) is 11.5. The van der Waals surface area contributed by atoms with Crippen LogP contribution in [0.15, 0.2) is 71.4 Å². The molecule has 2 aromatic carbocycles. The van der Waals surface area contributed by atoms with Crippen molar-refractivity contribution in [1.82, 2.24) is 14.5 Å². The van der Waals surface area contributed by atoms with Crippen molar-refractivity contribution >= 4 is 17.4 Å². The Morgan fingerprint density at radius 3 is 2.56 bits per heavy atom. The number of hydrogen-bond acceptors (Lipinski definition) is 6. The summed E-state index contributed by atoms with van der Waals surface area (Å²) in [6.45, 7) is 5.99. The summed E-state index contributed by atoms with van der Waals surface area (Å²) < 4.78 is 18.6. The lowest BCUT2D eigenvalue weighted by Crippen LogP contribution is -2.14. The Hall–Kier alpha value is -4.59. The number of carbonyl (C=O) groups is 1. The Kier molecular flexibility index (Phi) is 6.16. The molecule has 0 fully saturated rings. The molecule has 1 amide bonds. The highest BCUT2D eigenvalue weighted by Crippen LogP contribution is 2.32. The molecule has 0 aliphatic carbocycles. The van der Waals surface area contributed by atoms with E-state index >= 15 is 0 Å². The van der Waals surface area contributed by atoms with Gasteiger partial charge < -0.3 is 19.3 Å². The predicted octanol–water partition coefficient (Wildman–Crippen LogP) is 5.75. The van der Waals surface area contributed by atoms with E-state index in [2.05, 4.69) is 10.5 Å². The molecule has 5 aromatic rings. The first-order chi connectivity index (χ1) is 17.5. The molecule has 3 heterocycles. The van der Waals surface area contributed by atoms with E-state index in [1.54, 1.807) is 25.3 Å². The maximum atomic E-state index is 13.4. The summed E-state index contributed by atoms with van der Waals surface area (Å²) in [5.41, 5.74) is 5.50. The molecule has 0 aliphatic rings. The second kappa shape index (κ2) is 9.58. The van der Waals surface area contributed by atoms with Gasteiger partial charge in [-0.05, 0) is 50.6 Å². The van der Waals surface area contributed by atoms with E-state index in [0.29, 0.717) is 34.3 Å². The van der Waals surface area contributed by atoms with Crippen molar-refractivity contribution in [3.05, 3.63) is 95.0 Å². The van der Waals surface area contributed by atoms with Crippen molar-refractivity contribution in [2.75, 3.05) is 12.4 Å². The van der Waals surface area contributed by atoms with Crippen LogP contribution in [0.3, 0.4) is 0 Å². The van der Waals surface area contributed by atoms with Gasteiger partial charge >= 0.3 is 0 Å². The highest BCUT2D eigenvalue weighted by Gasteiger charge is 2.19. The molecule has 0 aliphatic heterocycles. The Labute approximate surface area is 208 Å². The van der Waals surface area contributed by atoms with E-state index in [1.807, 2.05) is 73.8 Å². The molecule has 1 N–H and O–H groups in total. The molecular formula is C28H26N4O4. The number of aryl methyl sites for hydroxylation is 3. The Morgan fingerprint density at radius 2 is 1.83 bits per heavy atom. The van der Waals surface area contributed by atoms with Crippen molar-refractivity contribution in [2.24, 2.45) is 0 Å². The molecule has 0 bridgehead atoms. The highest BCUT2D eigenvalue weighted by atomic mass is 16.5. The SMILES string of the molecule is COc1cc(C(=O)Nc2c(-c3ccccc3)nc3c(C)cccn23)ccc1OCc1c(C)noc1C. The fraction of sp³-hybridized carbons (Fsp3) is 0.179. The van der Waals surface area contributed by atoms with Gasteiger partial charge in [0.25, 0.3) is 5.91 Å². The summed E-state index contributed by atoms with van der Waals surface area (Å²) in [5.74, 6) is 1.99. The van der Waals surface area contributed by atoms with Crippen molar-refractivity contribution in [3.8, 4) is 22.8 Å². The van der Waals surface area contributed by atoms with Crippen LogP contribution in [0.5, 0.6) is 11.5 Å². The maximum absolute atomic E-state index is 13.4. The number of anilines is 1. The number of hydrogen-bond donors (Lipinski definition) is 1. The zero-order valence-corrected chi connectivity index (χ0v) is 20.5. The van der Waals surface area contributed by atoms with Gasteiger partial charge in [-0.15, -0.1) is 0 Å². The fourth-order valence-electron chi connectivity index (χ4n) is 4.09. The zero-order chi connectivity index (χ0) is 25.2. The van der Waals surface area contributed by atoms with Crippen LogP contribution in [-0.4, -0.2) is 27.6 Å². The fourth-order valence-corrected chi connectivity index (χ4v) is 4.09.